The van der Waals surface area contributed by atoms with E-state index < -0.39 is 12.2 Å². The summed E-state index contributed by atoms with van der Waals surface area (Å²) in [5.41, 5.74) is 2.33. The molecule has 3 N–H and O–H groups in total. The van der Waals surface area contributed by atoms with Crippen LogP contribution in [0.3, 0.4) is 0 Å². The van der Waals surface area contributed by atoms with E-state index in [4.69, 9.17) is 4.74 Å². The number of carbonyl (C=O) groups excluding carboxylic acids is 1. The number of β-amino-alcohol motifs (C(OH)–C–C–N with tert-alkyl or cyclic N) is 1. The highest BCUT2D eigenvalue weighted by Crippen LogP contribution is 2.24. The van der Waals surface area contributed by atoms with Crippen LogP contribution in [0, 0.1) is 6.92 Å². The molecule has 1 saturated heterocycles. The lowest BCUT2D eigenvalue weighted by Gasteiger charge is -2.23. The van der Waals surface area contributed by atoms with Crippen molar-refractivity contribution in [3.63, 3.8) is 0 Å². The Bertz CT molecular complexity index is 514. The first-order valence-electron chi connectivity index (χ1n) is 6.92. The number of hydrogen-bond donors (Lipinski definition) is 3. The van der Waals surface area contributed by atoms with Crippen LogP contribution in [0.25, 0.3) is 0 Å². The normalized spacial score (nSPS) is 21.6. The van der Waals surface area contributed by atoms with Gasteiger partial charge in [-0.05, 0) is 19.8 Å². The number of aromatic amines is 1. The SMILES string of the molecule is C=CCOC(=O)N1C[C@H](O)C[C@H]1Cc1c(CO)n[nH]c1C. The molecule has 0 aromatic carbocycles. The van der Waals surface area contributed by atoms with Crippen molar-refractivity contribution in [1.29, 1.82) is 0 Å². The largest absolute Gasteiger partial charge is 0.445 e. The number of H-pyrrole nitrogens is 1. The number of carbonyl (C=O) groups is 1. The molecule has 1 fully saturated rings. The van der Waals surface area contributed by atoms with Gasteiger partial charge in [0.25, 0.3) is 0 Å². The molecule has 0 saturated carbocycles. The third-order valence-corrected chi connectivity index (χ3v) is 3.70. The molecule has 21 heavy (non-hydrogen) atoms. The van der Waals surface area contributed by atoms with Crippen LogP contribution in [0.15, 0.2) is 12.7 Å². The van der Waals surface area contributed by atoms with E-state index in [1.54, 1.807) is 0 Å². The van der Waals surface area contributed by atoms with E-state index in [0.717, 1.165) is 11.3 Å². The second-order valence-electron chi connectivity index (χ2n) is 5.20. The zero-order chi connectivity index (χ0) is 15.4. The first kappa shape index (κ1) is 15.5. The van der Waals surface area contributed by atoms with Crippen molar-refractivity contribution in [3.05, 3.63) is 29.6 Å². The molecule has 1 aliphatic heterocycles. The number of amides is 1. The number of aromatic nitrogens is 2. The van der Waals surface area contributed by atoms with Crippen LogP contribution in [0.1, 0.15) is 23.4 Å². The number of nitrogens with zero attached hydrogens (tertiary/aromatic N) is 2. The fourth-order valence-corrected chi connectivity index (χ4v) is 2.66. The van der Waals surface area contributed by atoms with Crippen LogP contribution in [-0.2, 0) is 17.8 Å². The van der Waals surface area contributed by atoms with E-state index >= 15 is 0 Å². The molecular weight excluding hydrogens is 274 g/mol. The Hall–Kier alpha value is -1.86. The standard InChI is InChI=1S/C14H21N3O4/c1-3-4-21-14(20)17-7-11(19)5-10(17)6-12-9(2)15-16-13(12)8-18/h3,10-11,18-19H,1,4-8H2,2H3,(H,15,16)/t10-,11+/m0/s1. The molecule has 7 heteroatoms. The average molecular weight is 295 g/mol. The Morgan fingerprint density at radius 2 is 2.43 bits per heavy atom. The van der Waals surface area contributed by atoms with Crippen LogP contribution < -0.4 is 0 Å². The highest BCUT2D eigenvalue weighted by molar-refractivity contribution is 5.68. The van der Waals surface area contributed by atoms with Gasteiger partial charge in [0.2, 0.25) is 0 Å². The number of nitrogens with one attached hydrogen (secondary N) is 1. The lowest BCUT2D eigenvalue weighted by molar-refractivity contribution is 0.102. The zero-order valence-electron chi connectivity index (χ0n) is 12.1. The topological polar surface area (TPSA) is 98.7 Å². The molecule has 7 nitrogen and oxygen atoms in total. The molecule has 0 bridgehead atoms. The van der Waals surface area contributed by atoms with Crippen LogP contribution in [0.2, 0.25) is 0 Å². The van der Waals surface area contributed by atoms with Crippen LogP contribution in [0.5, 0.6) is 0 Å². The maximum absolute atomic E-state index is 12.0. The number of ether oxygens (including phenoxy) is 1. The van der Waals surface area contributed by atoms with Gasteiger partial charge in [-0.25, -0.2) is 4.79 Å². The summed E-state index contributed by atoms with van der Waals surface area (Å²) in [7, 11) is 0. The summed E-state index contributed by atoms with van der Waals surface area (Å²) in [4.78, 5) is 13.5. The van der Waals surface area contributed by atoms with Gasteiger partial charge in [0.05, 0.1) is 24.9 Å². The van der Waals surface area contributed by atoms with Gasteiger partial charge in [0.15, 0.2) is 0 Å². The van der Waals surface area contributed by atoms with Gasteiger partial charge >= 0.3 is 6.09 Å². The van der Waals surface area contributed by atoms with Crippen molar-refractivity contribution >= 4 is 6.09 Å². The molecular formula is C14H21N3O4. The maximum atomic E-state index is 12.0. The lowest BCUT2D eigenvalue weighted by Crippen LogP contribution is -2.37. The monoisotopic (exact) mass is 295 g/mol. The molecule has 2 rings (SSSR count). The summed E-state index contributed by atoms with van der Waals surface area (Å²) < 4.78 is 5.04. The first-order chi connectivity index (χ1) is 10.1. The number of hydrogen-bond acceptors (Lipinski definition) is 5. The van der Waals surface area contributed by atoms with Crippen molar-refractivity contribution in [2.45, 2.75) is 38.5 Å². The summed E-state index contributed by atoms with van der Waals surface area (Å²) in [5, 5.41) is 26.0. The van der Waals surface area contributed by atoms with Gasteiger partial charge in [-0.3, -0.25) is 5.10 Å². The molecule has 1 aromatic rings. The van der Waals surface area contributed by atoms with Gasteiger partial charge < -0.3 is 19.8 Å². The summed E-state index contributed by atoms with van der Waals surface area (Å²) in [6.07, 6.45) is 1.50. The predicted molar refractivity (Wildman–Crippen MR) is 75.6 cm³/mol. The molecule has 0 unspecified atom stereocenters. The quantitative estimate of drug-likeness (QED) is 0.688. The molecule has 2 heterocycles. The summed E-state index contributed by atoms with van der Waals surface area (Å²) in [6, 6.07) is -0.168. The minimum atomic E-state index is -0.559. The summed E-state index contributed by atoms with van der Waals surface area (Å²) >= 11 is 0. The molecule has 0 spiro atoms. The molecule has 2 atom stereocenters. The molecule has 1 aromatic heterocycles. The smallest absolute Gasteiger partial charge is 0.410 e. The Morgan fingerprint density at radius 1 is 1.67 bits per heavy atom. The van der Waals surface area contributed by atoms with Crippen molar-refractivity contribution < 1.29 is 19.7 Å². The lowest BCUT2D eigenvalue weighted by atomic mass is 10.0. The van der Waals surface area contributed by atoms with Gasteiger partial charge in [-0.2, -0.15) is 5.10 Å². The highest BCUT2D eigenvalue weighted by atomic mass is 16.6. The van der Waals surface area contributed by atoms with Crippen LogP contribution in [0.4, 0.5) is 4.79 Å². The molecule has 0 aliphatic carbocycles. The first-order valence-corrected chi connectivity index (χ1v) is 6.92. The van der Waals surface area contributed by atoms with E-state index in [1.807, 2.05) is 6.92 Å². The van der Waals surface area contributed by atoms with Crippen molar-refractivity contribution in [2.75, 3.05) is 13.2 Å². The molecule has 1 aliphatic rings. The van der Waals surface area contributed by atoms with E-state index in [-0.39, 0.29) is 25.8 Å². The maximum Gasteiger partial charge on any atom is 0.410 e. The second-order valence-corrected chi connectivity index (χ2v) is 5.20. The molecule has 0 radical (unpaired) electrons. The Morgan fingerprint density at radius 3 is 3.10 bits per heavy atom. The predicted octanol–water partition coefficient (Wildman–Crippen LogP) is 0.511. The molecule has 1 amide bonds. The minimum absolute atomic E-state index is 0.144. The Balaban J connectivity index is 2.11. The number of aryl methyl sites for hydroxylation is 1. The van der Waals surface area contributed by atoms with Gasteiger partial charge in [-0.15, -0.1) is 0 Å². The van der Waals surface area contributed by atoms with Gasteiger partial charge in [0.1, 0.15) is 6.61 Å². The second kappa shape index (κ2) is 6.73. The fourth-order valence-electron chi connectivity index (χ4n) is 2.66. The van der Waals surface area contributed by atoms with E-state index in [0.29, 0.717) is 18.5 Å². The highest BCUT2D eigenvalue weighted by Gasteiger charge is 2.36. The number of likely N-dealkylation sites (tertiary alicyclic amines) is 1. The summed E-state index contributed by atoms with van der Waals surface area (Å²) in [6.45, 7) is 5.61. The van der Waals surface area contributed by atoms with Crippen LogP contribution in [-0.4, -0.2) is 56.7 Å². The Kier molecular flexibility index (Phi) is 4.98. The number of aliphatic hydroxyl groups is 2. The average Bonchev–Trinajstić information content (AvgIpc) is 3.00. The van der Waals surface area contributed by atoms with Crippen molar-refractivity contribution in [2.24, 2.45) is 0 Å². The van der Waals surface area contributed by atoms with E-state index in [9.17, 15) is 15.0 Å². The van der Waals surface area contributed by atoms with E-state index in [1.165, 1.54) is 11.0 Å². The fraction of sp³-hybridized carbons (Fsp3) is 0.571. The van der Waals surface area contributed by atoms with Gasteiger partial charge in [-0.1, -0.05) is 12.7 Å². The molecule has 116 valence electrons. The number of aliphatic hydroxyl groups excluding tert-OH is 2. The number of rotatable bonds is 5. The Labute approximate surface area is 123 Å². The third-order valence-electron chi connectivity index (χ3n) is 3.70. The zero-order valence-corrected chi connectivity index (χ0v) is 12.1. The summed E-state index contributed by atoms with van der Waals surface area (Å²) in [5.74, 6) is 0. The van der Waals surface area contributed by atoms with Crippen LogP contribution >= 0.6 is 0 Å². The third kappa shape index (κ3) is 3.43. The van der Waals surface area contributed by atoms with E-state index in [2.05, 4.69) is 16.8 Å². The van der Waals surface area contributed by atoms with Gasteiger partial charge in [0, 0.05) is 17.3 Å². The van der Waals surface area contributed by atoms with Crippen molar-refractivity contribution in [1.82, 2.24) is 15.1 Å². The van der Waals surface area contributed by atoms with Crippen molar-refractivity contribution in [3.8, 4) is 0 Å². The minimum Gasteiger partial charge on any atom is -0.445 e.